The number of aliphatic carboxylic acids is 2. The molecule has 0 aliphatic heterocycles. The molecule has 0 amide bonds. The summed E-state index contributed by atoms with van der Waals surface area (Å²) in [5, 5.41) is 17.2. The van der Waals surface area contributed by atoms with Crippen LogP contribution in [0.4, 0.5) is 0 Å². The molecule has 5 nitrogen and oxygen atoms in total. The van der Waals surface area contributed by atoms with Gasteiger partial charge in [0.2, 0.25) is 0 Å². The third-order valence-electron chi connectivity index (χ3n) is 5.48. The summed E-state index contributed by atoms with van der Waals surface area (Å²) < 4.78 is 0. The first-order valence-electron chi connectivity index (χ1n) is 12.5. The minimum atomic E-state index is -0.949. The van der Waals surface area contributed by atoms with Gasteiger partial charge in [0.25, 0.3) is 0 Å². The molecule has 0 unspecified atom stereocenters. The maximum atomic E-state index is 11.7. The van der Waals surface area contributed by atoms with Crippen LogP contribution in [0.15, 0.2) is 129 Å². The third-order valence-corrected chi connectivity index (χ3v) is 7.51. The van der Waals surface area contributed by atoms with Gasteiger partial charge in [0.05, 0.1) is 6.42 Å². The number of carbonyl (C=O) groups excluding carboxylic acids is 1. The van der Waals surface area contributed by atoms with Crippen LogP contribution in [-0.4, -0.2) is 27.9 Å². The van der Waals surface area contributed by atoms with E-state index in [0.29, 0.717) is 12.0 Å². The second-order valence-electron chi connectivity index (χ2n) is 8.56. The van der Waals surface area contributed by atoms with Crippen molar-refractivity contribution in [1.82, 2.24) is 0 Å². The zero-order valence-corrected chi connectivity index (χ0v) is 23.0. The second-order valence-corrected chi connectivity index (χ2v) is 10.9. The highest BCUT2D eigenvalue weighted by atomic mass is 32.2. The van der Waals surface area contributed by atoms with Gasteiger partial charge >= 0.3 is 11.9 Å². The average molecular weight is 559 g/mol. The van der Waals surface area contributed by atoms with E-state index in [2.05, 4.69) is 36.4 Å². The number of benzene rings is 4. The van der Waals surface area contributed by atoms with E-state index >= 15 is 0 Å². The van der Waals surface area contributed by atoms with Crippen molar-refractivity contribution in [1.29, 1.82) is 0 Å². The summed E-state index contributed by atoms with van der Waals surface area (Å²) in [7, 11) is 0. The normalized spacial score (nSPS) is 10.3. The Kier molecular flexibility index (Phi) is 12.4. The summed E-state index contributed by atoms with van der Waals surface area (Å²) >= 11 is 3.35. The first-order valence-corrected chi connectivity index (χ1v) is 14.1. The van der Waals surface area contributed by atoms with Gasteiger partial charge in [0, 0.05) is 38.0 Å². The fraction of sp³-hybridized carbons (Fsp3) is 0.156. The van der Waals surface area contributed by atoms with Gasteiger partial charge in [-0.15, -0.1) is 0 Å². The van der Waals surface area contributed by atoms with E-state index in [4.69, 9.17) is 10.2 Å². The summed E-state index contributed by atoms with van der Waals surface area (Å²) in [5.41, 5.74) is 1.75. The number of hydrogen-bond acceptors (Lipinski definition) is 5. The lowest BCUT2D eigenvalue weighted by atomic mass is 10.1. The Labute approximate surface area is 237 Å². The summed E-state index contributed by atoms with van der Waals surface area (Å²) in [6, 6.07) is 35.8. The molecule has 0 atom stereocenters. The number of carboxylic acids is 2. The van der Waals surface area contributed by atoms with E-state index in [1.54, 1.807) is 35.7 Å². The molecule has 0 aromatic heterocycles. The zero-order chi connectivity index (χ0) is 27.9. The molecule has 0 saturated carbocycles. The predicted octanol–water partition coefficient (Wildman–Crippen LogP) is 8.13. The first-order chi connectivity index (χ1) is 18.9. The van der Waals surface area contributed by atoms with Gasteiger partial charge in [-0.1, -0.05) is 84.2 Å². The molecule has 0 aliphatic rings. The maximum absolute atomic E-state index is 11.7. The molecule has 200 valence electrons. The van der Waals surface area contributed by atoms with E-state index < -0.39 is 11.9 Å². The number of hydrogen-bond donors (Lipinski definition) is 2. The van der Waals surface area contributed by atoms with Crippen molar-refractivity contribution in [2.75, 3.05) is 0 Å². The molecular formula is C32H30O5S2. The molecule has 39 heavy (non-hydrogen) atoms. The van der Waals surface area contributed by atoms with Crippen molar-refractivity contribution < 1.29 is 24.6 Å². The van der Waals surface area contributed by atoms with Gasteiger partial charge in [-0.25, -0.2) is 0 Å². The lowest BCUT2D eigenvalue weighted by Crippen LogP contribution is -2.03. The molecule has 4 rings (SSSR count). The van der Waals surface area contributed by atoms with Crippen LogP contribution in [0.2, 0.25) is 0 Å². The molecule has 0 aliphatic carbocycles. The van der Waals surface area contributed by atoms with Crippen LogP contribution in [0.1, 0.15) is 41.6 Å². The van der Waals surface area contributed by atoms with Gasteiger partial charge in [-0.05, 0) is 66.9 Å². The second kappa shape index (κ2) is 16.2. The van der Waals surface area contributed by atoms with Crippen molar-refractivity contribution >= 4 is 41.2 Å². The minimum absolute atomic E-state index is 0.0422. The predicted molar refractivity (Wildman–Crippen MR) is 156 cm³/mol. The van der Waals surface area contributed by atoms with Gasteiger partial charge in [-0.2, -0.15) is 0 Å². The summed E-state index contributed by atoms with van der Waals surface area (Å²) in [6.07, 6.45) is 1.67. The first kappa shape index (κ1) is 29.7. The minimum Gasteiger partial charge on any atom is -0.481 e. The number of ketones is 1. The van der Waals surface area contributed by atoms with Crippen molar-refractivity contribution in [2.24, 2.45) is 0 Å². The van der Waals surface area contributed by atoms with Gasteiger partial charge in [-0.3, -0.25) is 14.4 Å². The van der Waals surface area contributed by atoms with Crippen LogP contribution in [0.3, 0.4) is 0 Å². The largest absolute Gasteiger partial charge is 0.481 e. The Balaban J connectivity index is 0.000000216. The molecule has 0 radical (unpaired) electrons. The highest BCUT2D eigenvalue weighted by Gasteiger charge is 2.08. The molecular weight excluding hydrogens is 528 g/mol. The number of aryl methyl sites for hydroxylation is 1. The Hall–Kier alpha value is -3.81. The van der Waals surface area contributed by atoms with Gasteiger partial charge in [0.1, 0.15) is 0 Å². The smallest absolute Gasteiger partial charge is 0.303 e. The number of carboxylic acid groups (broad SMARTS) is 2. The molecule has 0 heterocycles. The SMILES string of the molecule is O=C(O)CCC(=O)c1ccc(Sc2ccccc2)cc1.O=C(O)CCCc1ccc(Sc2ccccc2)cc1. The average Bonchev–Trinajstić information content (AvgIpc) is 2.94. The van der Waals surface area contributed by atoms with Crippen molar-refractivity contribution in [2.45, 2.75) is 51.7 Å². The van der Waals surface area contributed by atoms with Gasteiger partial charge in [0.15, 0.2) is 5.78 Å². The summed E-state index contributed by atoms with van der Waals surface area (Å²) in [6.45, 7) is 0. The zero-order valence-electron chi connectivity index (χ0n) is 21.4. The van der Waals surface area contributed by atoms with E-state index in [9.17, 15) is 14.4 Å². The topological polar surface area (TPSA) is 91.7 Å². The fourth-order valence-corrected chi connectivity index (χ4v) is 5.17. The van der Waals surface area contributed by atoms with Crippen LogP contribution < -0.4 is 0 Å². The van der Waals surface area contributed by atoms with Gasteiger partial charge < -0.3 is 10.2 Å². The summed E-state index contributed by atoms with van der Waals surface area (Å²) in [5.74, 6) is -1.81. The van der Waals surface area contributed by atoms with E-state index in [1.165, 1.54) is 15.4 Å². The third kappa shape index (κ3) is 11.6. The number of carbonyl (C=O) groups is 3. The number of Topliss-reactive ketones (excluding diaryl/α,β-unsaturated/α-hetero) is 1. The highest BCUT2D eigenvalue weighted by Crippen LogP contribution is 2.28. The summed E-state index contributed by atoms with van der Waals surface area (Å²) in [4.78, 5) is 37.2. The molecule has 0 saturated heterocycles. The highest BCUT2D eigenvalue weighted by molar-refractivity contribution is 7.99. The van der Waals surface area contributed by atoms with Crippen molar-refractivity contribution in [3.05, 3.63) is 120 Å². The van der Waals surface area contributed by atoms with Crippen LogP contribution in [-0.2, 0) is 16.0 Å². The lowest BCUT2D eigenvalue weighted by Gasteiger charge is -2.04. The quantitative estimate of drug-likeness (QED) is 0.170. The van der Waals surface area contributed by atoms with E-state index in [1.807, 2.05) is 60.7 Å². The number of rotatable bonds is 12. The van der Waals surface area contributed by atoms with E-state index in [-0.39, 0.29) is 25.0 Å². The Morgan fingerprint density at radius 3 is 1.41 bits per heavy atom. The Morgan fingerprint density at radius 2 is 0.949 bits per heavy atom. The van der Waals surface area contributed by atoms with Crippen molar-refractivity contribution in [3.63, 3.8) is 0 Å². The molecule has 0 spiro atoms. The lowest BCUT2D eigenvalue weighted by molar-refractivity contribution is -0.138. The molecule has 4 aromatic rings. The van der Waals surface area contributed by atoms with Crippen LogP contribution in [0, 0.1) is 0 Å². The Bertz CT molecular complexity index is 1320. The molecule has 2 N–H and O–H groups in total. The molecule has 7 heteroatoms. The molecule has 4 aromatic carbocycles. The van der Waals surface area contributed by atoms with Crippen LogP contribution >= 0.6 is 23.5 Å². The Morgan fingerprint density at radius 1 is 0.513 bits per heavy atom. The molecule has 0 fully saturated rings. The van der Waals surface area contributed by atoms with E-state index in [0.717, 1.165) is 16.2 Å². The van der Waals surface area contributed by atoms with Crippen LogP contribution in [0.25, 0.3) is 0 Å². The maximum Gasteiger partial charge on any atom is 0.303 e. The molecule has 0 bridgehead atoms. The standard InChI is InChI=1S/C16H14O3S.C16H16O2S/c17-15(10-11-16(18)19)12-6-8-14(9-7-12)20-13-4-2-1-3-5-13;17-16(18)8-4-5-13-9-11-15(12-10-13)19-14-6-2-1-3-7-14/h1-9H,10-11H2,(H,18,19);1-3,6-7,9-12H,4-5,8H2,(H,17,18). The fourth-order valence-electron chi connectivity index (χ4n) is 3.49. The van der Waals surface area contributed by atoms with Crippen LogP contribution in [0.5, 0.6) is 0 Å². The van der Waals surface area contributed by atoms with Crippen molar-refractivity contribution in [3.8, 4) is 0 Å². The monoisotopic (exact) mass is 558 g/mol.